The first-order valence-electron chi connectivity index (χ1n) is 9.99. The zero-order valence-electron chi connectivity index (χ0n) is 16.4. The van der Waals surface area contributed by atoms with Crippen molar-refractivity contribution < 1.29 is 19.0 Å². The quantitative estimate of drug-likeness (QED) is 0.576. The number of pyridine rings is 1. The summed E-state index contributed by atoms with van der Waals surface area (Å²) < 4.78 is 16.7. The molecule has 0 radical (unpaired) electrons. The number of thiazole rings is 1. The molecule has 4 heterocycles. The van der Waals surface area contributed by atoms with Gasteiger partial charge in [-0.25, -0.2) is 14.8 Å². The lowest BCUT2D eigenvalue weighted by Crippen LogP contribution is -2.21. The number of fused-ring (bicyclic) bond motifs is 1. The third kappa shape index (κ3) is 3.82. The number of anilines is 1. The van der Waals surface area contributed by atoms with Gasteiger partial charge in [-0.2, -0.15) is 0 Å². The first-order valence-corrected chi connectivity index (χ1v) is 10.9. The largest absolute Gasteiger partial charge is 0.486 e. The third-order valence-corrected chi connectivity index (χ3v) is 6.03. The molecular formula is C22H21N3O4S. The molecule has 0 N–H and O–H groups in total. The molecule has 1 fully saturated rings. The van der Waals surface area contributed by atoms with E-state index in [-0.39, 0.29) is 6.61 Å². The molecule has 0 spiro atoms. The molecule has 8 heteroatoms. The number of aromatic nitrogens is 2. The first-order chi connectivity index (χ1) is 14.8. The highest BCUT2D eigenvalue weighted by Gasteiger charge is 2.20. The van der Waals surface area contributed by atoms with Crippen molar-refractivity contribution in [1.82, 2.24) is 9.97 Å². The predicted octanol–water partition coefficient (Wildman–Crippen LogP) is 3.93. The fourth-order valence-electron chi connectivity index (χ4n) is 3.65. The van der Waals surface area contributed by atoms with Gasteiger partial charge in [-0.1, -0.05) is 6.07 Å². The van der Waals surface area contributed by atoms with E-state index in [2.05, 4.69) is 14.9 Å². The normalized spacial score (nSPS) is 15.3. The number of benzene rings is 1. The highest BCUT2D eigenvalue weighted by Crippen LogP contribution is 2.35. The van der Waals surface area contributed by atoms with Gasteiger partial charge >= 0.3 is 5.97 Å². The van der Waals surface area contributed by atoms with E-state index < -0.39 is 5.97 Å². The molecule has 1 aromatic carbocycles. The lowest BCUT2D eigenvalue weighted by Gasteiger charge is -2.19. The minimum atomic E-state index is -0.439. The number of ether oxygens (including phenoxy) is 3. The van der Waals surface area contributed by atoms with Gasteiger partial charge in [-0.15, -0.1) is 11.3 Å². The summed E-state index contributed by atoms with van der Waals surface area (Å²) in [7, 11) is 0. The highest BCUT2D eigenvalue weighted by molar-refractivity contribution is 7.13. The summed E-state index contributed by atoms with van der Waals surface area (Å²) in [5, 5.41) is 2.46. The lowest BCUT2D eigenvalue weighted by molar-refractivity contribution is 0.0467. The number of rotatable bonds is 5. The van der Waals surface area contributed by atoms with Crippen LogP contribution in [0.2, 0.25) is 0 Å². The molecule has 0 amide bonds. The Balaban J connectivity index is 1.28. The van der Waals surface area contributed by atoms with Crippen molar-refractivity contribution in [1.29, 1.82) is 0 Å². The van der Waals surface area contributed by atoms with E-state index in [1.54, 1.807) is 11.6 Å². The molecule has 7 nitrogen and oxygen atoms in total. The first kappa shape index (κ1) is 18.9. The van der Waals surface area contributed by atoms with Crippen molar-refractivity contribution in [3.05, 3.63) is 53.2 Å². The molecule has 0 bridgehead atoms. The van der Waals surface area contributed by atoms with Crippen molar-refractivity contribution in [2.24, 2.45) is 0 Å². The number of carbonyl (C=O) groups is 1. The zero-order chi connectivity index (χ0) is 20.3. The highest BCUT2D eigenvalue weighted by atomic mass is 32.1. The monoisotopic (exact) mass is 423 g/mol. The molecule has 30 heavy (non-hydrogen) atoms. The lowest BCUT2D eigenvalue weighted by atomic mass is 10.2. The fourth-order valence-corrected chi connectivity index (χ4v) is 4.44. The van der Waals surface area contributed by atoms with Crippen molar-refractivity contribution >= 4 is 23.1 Å². The van der Waals surface area contributed by atoms with Gasteiger partial charge in [-0.3, -0.25) is 0 Å². The minimum absolute atomic E-state index is 0.176. The van der Waals surface area contributed by atoms with E-state index in [9.17, 15) is 4.79 Å². The van der Waals surface area contributed by atoms with Gasteiger partial charge in [0.05, 0.1) is 0 Å². The number of nitrogens with zero attached hydrogens (tertiary/aromatic N) is 3. The molecule has 0 atom stereocenters. The van der Waals surface area contributed by atoms with Crippen LogP contribution >= 0.6 is 11.3 Å². The van der Waals surface area contributed by atoms with Crippen molar-refractivity contribution in [3.63, 3.8) is 0 Å². The molecule has 3 aromatic rings. The van der Waals surface area contributed by atoms with Gasteiger partial charge in [0.1, 0.15) is 30.6 Å². The maximum absolute atomic E-state index is 12.6. The van der Waals surface area contributed by atoms with E-state index in [0.717, 1.165) is 53.6 Å². The average Bonchev–Trinajstić information content (AvgIpc) is 3.50. The van der Waals surface area contributed by atoms with Crippen molar-refractivity contribution in [2.45, 2.75) is 19.4 Å². The van der Waals surface area contributed by atoms with Crippen LogP contribution in [0.1, 0.15) is 28.9 Å². The topological polar surface area (TPSA) is 73.8 Å². The summed E-state index contributed by atoms with van der Waals surface area (Å²) in [6.07, 6.45) is 4.10. The molecule has 1 saturated heterocycles. The van der Waals surface area contributed by atoms with Crippen LogP contribution in [0.25, 0.3) is 10.6 Å². The summed E-state index contributed by atoms with van der Waals surface area (Å²) in [6, 6.07) is 9.49. The second-order valence-electron chi connectivity index (χ2n) is 7.15. The van der Waals surface area contributed by atoms with Crippen LogP contribution in [0, 0.1) is 0 Å². The van der Waals surface area contributed by atoms with Crippen LogP contribution in [-0.4, -0.2) is 42.2 Å². The van der Waals surface area contributed by atoms with E-state index >= 15 is 0 Å². The van der Waals surface area contributed by atoms with Crippen LogP contribution < -0.4 is 14.4 Å². The van der Waals surface area contributed by atoms with Crippen molar-refractivity contribution in [3.8, 4) is 22.1 Å². The van der Waals surface area contributed by atoms with Gasteiger partial charge in [0.2, 0.25) is 0 Å². The summed E-state index contributed by atoms with van der Waals surface area (Å²) in [4.78, 5) is 23.8. The summed E-state index contributed by atoms with van der Waals surface area (Å²) in [5.41, 5.74) is 2.10. The molecule has 154 valence electrons. The maximum atomic E-state index is 12.6. The minimum Gasteiger partial charge on any atom is -0.486 e. The fraction of sp³-hybridized carbons (Fsp3) is 0.318. The Morgan fingerprint density at radius 1 is 1.13 bits per heavy atom. The van der Waals surface area contributed by atoms with Gasteiger partial charge in [-0.05, 0) is 37.1 Å². The molecule has 2 aromatic heterocycles. The number of hydrogen-bond acceptors (Lipinski definition) is 8. The molecule has 0 aliphatic carbocycles. The Morgan fingerprint density at radius 2 is 1.97 bits per heavy atom. The smallest absolute Gasteiger partial charge is 0.358 e. The Bertz CT molecular complexity index is 1060. The summed E-state index contributed by atoms with van der Waals surface area (Å²) in [6.45, 7) is 3.23. The van der Waals surface area contributed by atoms with Gasteiger partial charge in [0, 0.05) is 35.8 Å². The van der Waals surface area contributed by atoms with Crippen LogP contribution in [0.15, 0.2) is 41.9 Å². The number of carbonyl (C=O) groups excluding carboxylic acids is 1. The molecule has 5 rings (SSSR count). The second kappa shape index (κ2) is 8.31. The Labute approximate surface area is 178 Å². The van der Waals surface area contributed by atoms with Crippen LogP contribution in [0.4, 0.5) is 5.82 Å². The van der Waals surface area contributed by atoms with E-state index in [1.165, 1.54) is 11.3 Å². The van der Waals surface area contributed by atoms with Crippen LogP contribution in [0.3, 0.4) is 0 Å². The molecule has 2 aliphatic rings. The summed E-state index contributed by atoms with van der Waals surface area (Å²) in [5.74, 6) is 1.89. The van der Waals surface area contributed by atoms with Gasteiger partial charge in [0.15, 0.2) is 17.2 Å². The summed E-state index contributed by atoms with van der Waals surface area (Å²) >= 11 is 1.40. The maximum Gasteiger partial charge on any atom is 0.358 e. The van der Waals surface area contributed by atoms with Crippen molar-refractivity contribution in [2.75, 3.05) is 31.2 Å². The Morgan fingerprint density at radius 3 is 2.83 bits per heavy atom. The average molecular weight is 423 g/mol. The molecule has 2 aliphatic heterocycles. The SMILES string of the molecule is O=C(OCc1cccnc1N1CCCC1)c1csc(-c2ccc3c(c2)OCCO3)n1. The van der Waals surface area contributed by atoms with E-state index in [0.29, 0.717) is 24.7 Å². The Kier molecular flexibility index (Phi) is 5.23. The zero-order valence-corrected chi connectivity index (χ0v) is 17.2. The number of esters is 1. The van der Waals surface area contributed by atoms with Gasteiger partial charge in [0.25, 0.3) is 0 Å². The van der Waals surface area contributed by atoms with E-state index in [4.69, 9.17) is 14.2 Å². The van der Waals surface area contributed by atoms with E-state index in [1.807, 2.05) is 30.3 Å². The van der Waals surface area contributed by atoms with Crippen LogP contribution in [-0.2, 0) is 11.3 Å². The number of hydrogen-bond donors (Lipinski definition) is 0. The van der Waals surface area contributed by atoms with Gasteiger partial charge < -0.3 is 19.1 Å². The molecule has 0 saturated carbocycles. The molecular weight excluding hydrogens is 402 g/mol. The standard InChI is InChI=1S/C22H21N3O4S/c26-22(29-13-16-4-3-7-23-20(16)25-8-1-2-9-25)17-14-30-21(24-17)15-5-6-18-19(12-15)28-11-10-27-18/h3-7,12,14H,1-2,8-11,13H2. The van der Waals surface area contributed by atoms with Crippen LogP contribution in [0.5, 0.6) is 11.5 Å². The third-order valence-electron chi connectivity index (χ3n) is 5.13. The predicted molar refractivity (Wildman–Crippen MR) is 113 cm³/mol. The molecule has 0 unspecified atom stereocenters. The Hall–Kier alpha value is -3.13. The second-order valence-corrected chi connectivity index (χ2v) is 8.01.